The highest BCUT2D eigenvalue weighted by atomic mass is 35.5. The van der Waals surface area contributed by atoms with Gasteiger partial charge in [0.25, 0.3) is 0 Å². The molecule has 62 valence electrons. The first kappa shape index (κ1) is 10.0. The van der Waals surface area contributed by atoms with E-state index >= 15 is 0 Å². The topological polar surface area (TPSA) is 69.1 Å². The van der Waals surface area contributed by atoms with Crippen LogP contribution in [0.15, 0.2) is 22.4 Å². The second kappa shape index (κ2) is 4.03. The molecule has 4 heteroatoms. The van der Waals surface area contributed by atoms with Gasteiger partial charge in [-0.3, -0.25) is 4.79 Å². The zero-order chi connectivity index (χ0) is 9.02. The van der Waals surface area contributed by atoms with Gasteiger partial charge in [-0.25, -0.2) is 0 Å². The third kappa shape index (κ3) is 2.63. The van der Waals surface area contributed by atoms with Crippen LogP contribution < -0.4 is 11.5 Å². The molecule has 0 aromatic carbocycles. The van der Waals surface area contributed by atoms with Crippen molar-refractivity contribution in [1.29, 1.82) is 0 Å². The molecule has 3 nitrogen and oxygen atoms in total. The zero-order valence-corrected chi connectivity index (χ0v) is 7.27. The Labute approximate surface area is 70.7 Å². The molecular formula is C7H11ClN2O. The summed E-state index contributed by atoms with van der Waals surface area (Å²) in [5, 5.41) is 0.372. The first-order chi connectivity index (χ1) is 5.00. The Kier molecular flexibility index (Phi) is 3.68. The third-order valence-corrected chi connectivity index (χ3v) is 1.42. The van der Waals surface area contributed by atoms with Crippen molar-refractivity contribution in [1.82, 2.24) is 0 Å². The van der Waals surface area contributed by atoms with Gasteiger partial charge < -0.3 is 11.5 Å². The molecule has 0 bridgehead atoms. The summed E-state index contributed by atoms with van der Waals surface area (Å²) >= 11 is 5.55. The summed E-state index contributed by atoms with van der Waals surface area (Å²) in [7, 11) is 0. The fraction of sp³-hybridized carbons (Fsp3) is 0.286. The number of primary amides is 1. The molecule has 0 aliphatic carbocycles. The average molecular weight is 175 g/mol. The lowest BCUT2D eigenvalue weighted by molar-refractivity contribution is -0.114. The molecule has 11 heavy (non-hydrogen) atoms. The van der Waals surface area contributed by atoms with Crippen LogP contribution in [-0.2, 0) is 4.79 Å². The maximum atomic E-state index is 10.7. The highest BCUT2D eigenvalue weighted by Crippen LogP contribution is 2.11. The van der Waals surface area contributed by atoms with Crippen LogP contribution in [0.25, 0.3) is 0 Å². The number of allylic oxidation sites excluding steroid dienone is 2. The second-order valence-electron chi connectivity index (χ2n) is 2.01. The molecule has 1 amide bonds. The van der Waals surface area contributed by atoms with Gasteiger partial charge in [0.15, 0.2) is 0 Å². The summed E-state index contributed by atoms with van der Waals surface area (Å²) < 4.78 is 0. The molecular weight excluding hydrogens is 164 g/mol. The Balaban J connectivity index is 4.85. The predicted octanol–water partition coefficient (Wildman–Crippen LogP) is 0.847. The fourth-order valence-electron chi connectivity index (χ4n) is 0.616. The van der Waals surface area contributed by atoms with Crippen LogP contribution in [0.4, 0.5) is 0 Å². The van der Waals surface area contributed by atoms with Crippen molar-refractivity contribution in [2.75, 3.05) is 0 Å². The van der Waals surface area contributed by atoms with Crippen molar-refractivity contribution in [2.24, 2.45) is 11.5 Å². The number of hydrogen-bond donors (Lipinski definition) is 2. The Hall–Kier alpha value is -0.960. The van der Waals surface area contributed by atoms with Crippen molar-refractivity contribution in [3.63, 3.8) is 0 Å². The van der Waals surface area contributed by atoms with Crippen LogP contribution in [0, 0.1) is 0 Å². The van der Waals surface area contributed by atoms with Gasteiger partial charge in [-0.2, -0.15) is 0 Å². The molecule has 0 saturated heterocycles. The Bertz CT molecular complexity index is 227. The number of amides is 1. The number of nitrogens with two attached hydrogens (primary N) is 2. The molecule has 4 N–H and O–H groups in total. The molecule has 0 aliphatic rings. The lowest BCUT2D eigenvalue weighted by Gasteiger charge is -2.02. The normalized spacial score (nSPS) is 14.3. The van der Waals surface area contributed by atoms with E-state index in [9.17, 15) is 4.79 Å². The van der Waals surface area contributed by atoms with E-state index in [0.29, 0.717) is 5.03 Å². The van der Waals surface area contributed by atoms with Gasteiger partial charge in [0.05, 0.1) is 11.3 Å². The molecule has 0 spiro atoms. The summed E-state index contributed by atoms with van der Waals surface area (Å²) in [5.74, 6) is -0.565. The van der Waals surface area contributed by atoms with Gasteiger partial charge in [-0.15, -0.1) is 0 Å². The molecule has 0 fully saturated rings. The van der Waals surface area contributed by atoms with E-state index in [2.05, 4.69) is 0 Å². The SMILES string of the molecule is C/C=C(C(N)=O)\C(N)=C(/C)Cl. The standard InChI is InChI=1S/C7H11ClN2O/c1-3-5(7(10)11)6(9)4(2)8/h3H,9H2,1-2H3,(H2,10,11)/b5-3+,6-4-. The van der Waals surface area contributed by atoms with Gasteiger partial charge in [0, 0.05) is 5.03 Å². The summed E-state index contributed by atoms with van der Waals surface area (Å²) in [5.41, 5.74) is 11.0. The number of carbonyl (C=O) groups excluding carboxylic acids is 1. The molecule has 0 aliphatic heterocycles. The minimum absolute atomic E-state index is 0.238. The number of rotatable bonds is 2. The van der Waals surface area contributed by atoms with Crippen LogP contribution >= 0.6 is 11.6 Å². The van der Waals surface area contributed by atoms with Gasteiger partial charge in [-0.1, -0.05) is 17.7 Å². The van der Waals surface area contributed by atoms with E-state index in [1.54, 1.807) is 13.8 Å². The van der Waals surface area contributed by atoms with Crippen molar-refractivity contribution < 1.29 is 4.79 Å². The molecule has 0 aromatic rings. The van der Waals surface area contributed by atoms with Gasteiger partial charge in [0.1, 0.15) is 0 Å². The highest BCUT2D eigenvalue weighted by Gasteiger charge is 2.07. The largest absolute Gasteiger partial charge is 0.397 e. The Morgan fingerprint density at radius 1 is 1.45 bits per heavy atom. The summed E-state index contributed by atoms with van der Waals surface area (Å²) in [6, 6.07) is 0. The highest BCUT2D eigenvalue weighted by molar-refractivity contribution is 6.30. The molecule has 0 atom stereocenters. The predicted molar refractivity (Wildman–Crippen MR) is 45.7 cm³/mol. The van der Waals surface area contributed by atoms with Crippen molar-refractivity contribution in [3.05, 3.63) is 22.4 Å². The maximum Gasteiger partial charge on any atom is 0.250 e. The summed E-state index contributed by atoms with van der Waals surface area (Å²) in [6.07, 6.45) is 1.53. The molecule has 0 unspecified atom stereocenters. The van der Waals surface area contributed by atoms with Crippen molar-refractivity contribution >= 4 is 17.5 Å². The maximum absolute atomic E-state index is 10.7. The van der Waals surface area contributed by atoms with E-state index in [-0.39, 0.29) is 11.3 Å². The minimum Gasteiger partial charge on any atom is -0.397 e. The minimum atomic E-state index is -0.565. The summed E-state index contributed by atoms with van der Waals surface area (Å²) in [6.45, 7) is 3.27. The van der Waals surface area contributed by atoms with Crippen LogP contribution in [0.5, 0.6) is 0 Å². The summed E-state index contributed by atoms with van der Waals surface area (Å²) in [4.78, 5) is 10.7. The number of halogens is 1. The van der Waals surface area contributed by atoms with E-state index in [4.69, 9.17) is 23.1 Å². The number of hydrogen-bond acceptors (Lipinski definition) is 2. The van der Waals surface area contributed by atoms with Gasteiger partial charge in [0.2, 0.25) is 5.91 Å². The van der Waals surface area contributed by atoms with E-state index in [1.807, 2.05) is 0 Å². The van der Waals surface area contributed by atoms with E-state index < -0.39 is 5.91 Å². The van der Waals surface area contributed by atoms with Crippen LogP contribution in [0.1, 0.15) is 13.8 Å². The zero-order valence-electron chi connectivity index (χ0n) is 6.52. The Morgan fingerprint density at radius 2 is 1.91 bits per heavy atom. The monoisotopic (exact) mass is 174 g/mol. The third-order valence-electron chi connectivity index (χ3n) is 1.22. The van der Waals surface area contributed by atoms with Crippen LogP contribution in [0.3, 0.4) is 0 Å². The molecule has 0 rings (SSSR count). The number of carbonyl (C=O) groups is 1. The first-order valence-electron chi connectivity index (χ1n) is 3.09. The second-order valence-corrected chi connectivity index (χ2v) is 2.58. The Morgan fingerprint density at radius 3 is 2.00 bits per heavy atom. The van der Waals surface area contributed by atoms with Gasteiger partial charge in [-0.05, 0) is 13.8 Å². The molecule has 0 radical (unpaired) electrons. The van der Waals surface area contributed by atoms with Crippen molar-refractivity contribution in [2.45, 2.75) is 13.8 Å². The molecule has 0 heterocycles. The lowest BCUT2D eigenvalue weighted by Crippen LogP contribution is -2.19. The van der Waals surface area contributed by atoms with Crippen molar-refractivity contribution in [3.8, 4) is 0 Å². The lowest BCUT2D eigenvalue weighted by atomic mass is 10.2. The van der Waals surface area contributed by atoms with Crippen LogP contribution in [0.2, 0.25) is 0 Å². The van der Waals surface area contributed by atoms with E-state index in [1.165, 1.54) is 6.08 Å². The quantitative estimate of drug-likeness (QED) is 0.481. The van der Waals surface area contributed by atoms with Gasteiger partial charge >= 0.3 is 0 Å². The first-order valence-corrected chi connectivity index (χ1v) is 3.46. The smallest absolute Gasteiger partial charge is 0.250 e. The average Bonchev–Trinajstić information content (AvgIpc) is 1.88. The fourth-order valence-corrected chi connectivity index (χ4v) is 0.718. The van der Waals surface area contributed by atoms with Crippen LogP contribution in [-0.4, -0.2) is 5.91 Å². The van der Waals surface area contributed by atoms with E-state index in [0.717, 1.165) is 0 Å². The molecule has 0 saturated carbocycles. The molecule has 0 aromatic heterocycles.